The van der Waals surface area contributed by atoms with Gasteiger partial charge in [0.15, 0.2) is 5.82 Å². The highest BCUT2D eigenvalue weighted by Gasteiger charge is 2.20. The number of tetrazole rings is 1. The highest BCUT2D eigenvalue weighted by Crippen LogP contribution is 2.26. The number of hydrogen-bond acceptors (Lipinski definition) is 4. The van der Waals surface area contributed by atoms with E-state index in [-0.39, 0.29) is 12.5 Å². The van der Waals surface area contributed by atoms with Gasteiger partial charge in [0.25, 0.3) is 0 Å². The van der Waals surface area contributed by atoms with Gasteiger partial charge in [-0.3, -0.25) is 4.79 Å². The van der Waals surface area contributed by atoms with E-state index in [0.717, 1.165) is 11.1 Å². The summed E-state index contributed by atoms with van der Waals surface area (Å²) in [7, 11) is 0. The maximum absolute atomic E-state index is 10.9. The molecule has 0 aliphatic rings. The number of aromatic nitrogens is 4. The Morgan fingerprint density at radius 1 is 1.40 bits per heavy atom. The Morgan fingerprint density at radius 3 is 2.75 bits per heavy atom. The van der Waals surface area contributed by atoms with Gasteiger partial charge in [0.2, 0.25) is 0 Å². The fourth-order valence-corrected chi connectivity index (χ4v) is 2.29. The molecule has 2 aromatic rings. The molecule has 6 heteroatoms. The summed E-state index contributed by atoms with van der Waals surface area (Å²) < 4.78 is 1.62. The standard InChI is InChI=1S/C14H18N4O2/c1-4-11(8-13(19)20)18-14(15-16-17-18)12-6-5-9(2)7-10(12)3/h5-7,11H,4,8H2,1-3H3,(H,19,20). The van der Waals surface area contributed by atoms with Crippen LogP contribution in [-0.4, -0.2) is 31.3 Å². The lowest BCUT2D eigenvalue weighted by molar-refractivity contribution is -0.138. The van der Waals surface area contributed by atoms with Crippen molar-refractivity contribution in [2.45, 2.75) is 39.7 Å². The smallest absolute Gasteiger partial charge is 0.305 e. The van der Waals surface area contributed by atoms with Crippen molar-refractivity contribution in [3.05, 3.63) is 29.3 Å². The van der Waals surface area contributed by atoms with Gasteiger partial charge < -0.3 is 5.11 Å². The van der Waals surface area contributed by atoms with E-state index in [1.807, 2.05) is 32.9 Å². The third kappa shape index (κ3) is 2.84. The Labute approximate surface area is 117 Å². The average Bonchev–Trinajstić information content (AvgIpc) is 2.84. The molecule has 1 heterocycles. The van der Waals surface area contributed by atoms with Crippen LogP contribution in [0.5, 0.6) is 0 Å². The molecule has 0 aliphatic carbocycles. The summed E-state index contributed by atoms with van der Waals surface area (Å²) in [5.74, 6) is -0.227. The molecule has 6 nitrogen and oxygen atoms in total. The minimum Gasteiger partial charge on any atom is -0.481 e. The molecule has 0 amide bonds. The molecule has 0 saturated carbocycles. The molecule has 0 bridgehead atoms. The van der Waals surface area contributed by atoms with E-state index in [4.69, 9.17) is 5.11 Å². The lowest BCUT2D eigenvalue weighted by Gasteiger charge is -2.15. The third-order valence-corrected chi connectivity index (χ3v) is 3.34. The number of rotatable bonds is 5. The van der Waals surface area contributed by atoms with Crippen LogP contribution in [0.4, 0.5) is 0 Å². The molecular weight excluding hydrogens is 256 g/mol. The summed E-state index contributed by atoms with van der Waals surface area (Å²) in [6.07, 6.45) is 0.675. The van der Waals surface area contributed by atoms with Gasteiger partial charge in [0, 0.05) is 5.56 Å². The summed E-state index contributed by atoms with van der Waals surface area (Å²) >= 11 is 0. The normalized spacial score (nSPS) is 12.3. The Bertz CT molecular complexity index is 621. The topological polar surface area (TPSA) is 80.9 Å². The zero-order valence-corrected chi connectivity index (χ0v) is 11.9. The van der Waals surface area contributed by atoms with Crippen LogP contribution in [0.1, 0.15) is 36.9 Å². The van der Waals surface area contributed by atoms with Gasteiger partial charge in [-0.1, -0.05) is 30.7 Å². The van der Waals surface area contributed by atoms with Gasteiger partial charge in [-0.2, -0.15) is 0 Å². The largest absolute Gasteiger partial charge is 0.481 e. The van der Waals surface area contributed by atoms with Gasteiger partial charge in [0.1, 0.15) is 0 Å². The predicted octanol–water partition coefficient (Wildman–Crippen LogP) is 2.38. The van der Waals surface area contributed by atoms with Gasteiger partial charge in [0.05, 0.1) is 12.5 Å². The van der Waals surface area contributed by atoms with E-state index in [9.17, 15) is 4.79 Å². The van der Waals surface area contributed by atoms with E-state index in [0.29, 0.717) is 12.2 Å². The molecule has 0 radical (unpaired) electrons. The third-order valence-electron chi connectivity index (χ3n) is 3.34. The minimum atomic E-state index is -0.848. The van der Waals surface area contributed by atoms with Crippen molar-refractivity contribution in [2.24, 2.45) is 0 Å². The first kappa shape index (κ1) is 14.2. The van der Waals surface area contributed by atoms with Crippen molar-refractivity contribution >= 4 is 5.97 Å². The Hall–Kier alpha value is -2.24. The molecule has 20 heavy (non-hydrogen) atoms. The van der Waals surface area contributed by atoms with Crippen LogP contribution in [0.15, 0.2) is 18.2 Å². The minimum absolute atomic E-state index is 0.0133. The van der Waals surface area contributed by atoms with E-state index >= 15 is 0 Å². The number of nitrogens with zero attached hydrogens (tertiary/aromatic N) is 4. The van der Waals surface area contributed by atoms with E-state index in [1.165, 1.54) is 5.56 Å². The summed E-state index contributed by atoms with van der Waals surface area (Å²) in [6.45, 7) is 5.96. The number of aryl methyl sites for hydroxylation is 2. The molecule has 2 rings (SSSR count). The van der Waals surface area contributed by atoms with Gasteiger partial charge in [-0.15, -0.1) is 5.10 Å². The molecule has 0 spiro atoms. The van der Waals surface area contributed by atoms with Gasteiger partial charge in [-0.25, -0.2) is 4.68 Å². The second-order valence-electron chi connectivity index (χ2n) is 4.93. The highest BCUT2D eigenvalue weighted by molar-refractivity contribution is 5.67. The SMILES string of the molecule is CCC(CC(=O)O)n1nnnc1-c1ccc(C)cc1C. The molecule has 0 saturated heterocycles. The maximum Gasteiger partial charge on any atom is 0.305 e. The number of benzene rings is 1. The molecule has 1 atom stereocenters. The van der Waals surface area contributed by atoms with Crippen molar-refractivity contribution in [1.29, 1.82) is 0 Å². The average molecular weight is 274 g/mol. The number of carboxylic acid groups (broad SMARTS) is 1. The molecule has 1 unspecified atom stereocenters. The first-order valence-electron chi connectivity index (χ1n) is 6.60. The molecule has 1 aromatic carbocycles. The Morgan fingerprint density at radius 2 is 2.15 bits per heavy atom. The van der Waals surface area contributed by atoms with Crippen molar-refractivity contribution in [3.8, 4) is 11.4 Å². The van der Waals surface area contributed by atoms with Gasteiger partial charge >= 0.3 is 5.97 Å². The monoisotopic (exact) mass is 274 g/mol. The van der Waals surface area contributed by atoms with E-state index < -0.39 is 5.97 Å². The summed E-state index contributed by atoms with van der Waals surface area (Å²) in [5.41, 5.74) is 3.18. The van der Waals surface area contributed by atoms with Crippen LogP contribution in [0.25, 0.3) is 11.4 Å². The van der Waals surface area contributed by atoms with Gasteiger partial charge in [-0.05, 0) is 36.3 Å². The molecule has 0 aliphatic heterocycles. The van der Waals surface area contributed by atoms with E-state index in [1.54, 1.807) is 4.68 Å². The van der Waals surface area contributed by atoms with Crippen LogP contribution in [-0.2, 0) is 4.79 Å². The lowest BCUT2D eigenvalue weighted by atomic mass is 10.0. The number of carbonyl (C=O) groups is 1. The molecule has 1 aromatic heterocycles. The summed E-state index contributed by atoms with van der Waals surface area (Å²) in [6, 6.07) is 5.80. The van der Waals surface area contributed by atoms with Crippen LogP contribution in [0, 0.1) is 13.8 Å². The fraction of sp³-hybridized carbons (Fsp3) is 0.429. The second kappa shape index (κ2) is 5.81. The van der Waals surface area contributed by atoms with Crippen LogP contribution in [0.3, 0.4) is 0 Å². The van der Waals surface area contributed by atoms with E-state index in [2.05, 4.69) is 21.6 Å². The lowest BCUT2D eigenvalue weighted by Crippen LogP contribution is -2.16. The summed E-state index contributed by atoms with van der Waals surface area (Å²) in [4.78, 5) is 10.9. The molecule has 1 N–H and O–H groups in total. The Balaban J connectivity index is 2.43. The number of hydrogen-bond donors (Lipinski definition) is 1. The number of carboxylic acids is 1. The highest BCUT2D eigenvalue weighted by atomic mass is 16.4. The summed E-state index contributed by atoms with van der Waals surface area (Å²) in [5, 5.41) is 20.7. The Kier molecular flexibility index (Phi) is 4.12. The van der Waals surface area contributed by atoms with Crippen LogP contribution < -0.4 is 0 Å². The molecular formula is C14H18N4O2. The van der Waals surface area contributed by atoms with Crippen molar-refractivity contribution in [1.82, 2.24) is 20.2 Å². The van der Waals surface area contributed by atoms with Crippen molar-refractivity contribution in [2.75, 3.05) is 0 Å². The maximum atomic E-state index is 10.9. The second-order valence-corrected chi connectivity index (χ2v) is 4.93. The van der Waals surface area contributed by atoms with Crippen molar-refractivity contribution in [3.63, 3.8) is 0 Å². The fourth-order valence-electron chi connectivity index (χ4n) is 2.29. The predicted molar refractivity (Wildman–Crippen MR) is 74.3 cm³/mol. The molecule has 0 fully saturated rings. The van der Waals surface area contributed by atoms with Crippen LogP contribution in [0.2, 0.25) is 0 Å². The molecule has 106 valence electrons. The first-order valence-corrected chi connectivity index (χ1v) is 6.60. The zero-order valence-electron chi connectivity index (χ0n) is 11.9. The quantitative estimate of drug-likeness (QED) is 0.905. The van der Waals surface area contributed by atoms with Crippen molar-refractivity contribution < 1.29 is 9.90 Å². The number of aliphatic carboxylic acids is 1. The van der Waals surface area contributed by atoms with Crippen LogP contribution >= 0.6 is 0 Å². The zero-order chi connectivity index (χ0) is 14.7. The first-order chi connectivity index (χ1) is 9.52.